The molecular formula is C30H62N8P4. The molecule has 2 fully saturated rings. The van der Waals surface area contributed by atoms with Crippen LogP contribution < -0.4 is 29.2 Å². The maximum atomic E-state index is 3.99. The molecule has 1 aromatic carbocycles. The number of rotatable bonds is 6. The Balaban J connectivity index is 2.03. The molecule has 0 saturated carbocycles. The van der Waals surface area contributed by atoms with E-state index in [0.29, 0.717) is 0 Å². The first-order valence-electron chi connectivity index (χ1n) is 15.2. The third kappa shape index (κ3) is 9.19. The summed E-state index contributed by atoms with van der Waals surface area (Å²) in [6.45, 7) is 41.3. The predicted molar refractivity (Wildman–Crippen MR) is 194 cm³/mol. The van der Waals surface area contributed by atoms with Gasteiger partial charge < -0.3 is 0 Å². The molecule has 1 aromatic rings. The number of hydrogen-bond acceptors (Lipinski definition) is 8. The molecule has 2 aliphatic heterocycles. The quantitative estimate of drug-likeness (QED) is 0.226. The summed E-state index contributed by atoms with van der Waals surface area (Å²) in [5, 5.41) is 15.9. The Morgan fingerprint density at radius 1 is 0.381 bits per heavy atom. The number of nitrogens with one attached hydrogen (secondary N) is 4. The largest absolute Gasteiger partial charge is 0.278 e. The van der Waals surface area contributed by atoms with Gasteiger partial charge in [0.1, 0.15) is 0 Å². The first-order chi connectivity index (χ1) is 18.6. The summed E-state index contributed by atoms with van der Waals surface area (Å²) in [5.41, 5.74) is 2.67. The molecule has 4 atom stereocenters. The van der Waals surface area contributed by atoms with E-state index < -0.39 is 33.5 Å². The third-order valence-corrected chi connectivity index (χ3v) is 19.4. The highest BCUT2D eigenvalue weighted by Crippen LogP contribution is 2.79. The van der Waals surface area contributed by atoms with Crippen molar-refractivity contribution in [2.75, 3.05) is 8.88 Å². The van der Waals surface area contributed by atoms with Gasteiger partial charge in [-0.1, -0.05) is 0 Å². The molecule has 4 N–H and O–H groups in total. The number of anilines is 2. The van der Waals surface area contributed by atoms with E-state index in [9.17, 15) is 0 Å². The summed E-state index contributed by atoms with van der Waals surface area (Å²) in [7, 11) is -2.87. The van der Waals surface area contributed by atoms with E-state index in [1.807, 2.05) is 0 Å². The molecule has 42 heavy (non-hydrogen) atoms. The van der Waals surface area contributed by atoms with Crippen LogP contribution in [-0.4, -0.2) is 42.1 Å². The van der Waals surface area contributed by atoms with Crippen LogP contribution in [0.1, 0.15) is 125 Å². The van der Waals surface area contributed by atoms with Gasteiger partial charge in [-0.15, -0.1) is 0 Å². The molecule has 242 valence electrons. The molecule has 2 saturated heterocycles. The highest BCUT2D eigenvalue weighted by Gasteiger charge is 2.56. The normalized spacial score (nSPS) is 25.5. The van der Waals surface area contributed by atoms with Crippen molar-refractivity contribution in [2.24, 2.45) is 0 Å². The van der Waals surface area contributed by atoms with Crippen LogP contribution >= 0.6 is 33.5 Å². The van der Waals surface area contributed by atoms with Crippen LogP contribution in [0.25, 0.3) is 0 Å². The molecule has 0 radical (unpaired) electrons. The Labute approximate surface area is 264 Å². The van der Waals surface area contributed by atoms with Crippen molar-refractivity contribution in [1.82, 2.24) is 29.2 Å². The van der Waals surface area contributed by atoms with Crippen molar-refractivity contribution in [3.63, 3.8) is 0 Å². The highest BCUT2D eigenvalue weighted by atomic mass is 31.3. The second kappa shape index (κ2) is 12.2. The fraction of sp³-hybridized carbons (Fsp3) is 0.800. The summed E-state index contributed by atoms with van der Waals surface area (Å²) in [6.07, 6.45) is 0. The smallest absolute Gasteiger partial charge is 0.159 e. The van der Waals surface area contributed by atoms with Gasteiger partial charge in [0, 0.05) is 44.6 Å². The average Bonchev–Trinajstić information content (AvgIpc) is 2.67. The molecular weight excluding hydrogens is 596 g/mol. The minimum atomic E-state index is -0.717. The Hall–Kier alpha value is 0.300. The second-order valence-corrected chi connectivity index (χ2v) is 25.3. The molecule has 0 unspecified atom stereocenters. The van der Waals surface area contributed by atoms with Crippen LogP contribution in [0.3, 0.4) is 0 Å². The zero-order chi connectivity index (χ0) is 32.4. The molecule has 2 heterocycles. The van der Waals surface area contributed by atoms with Gasteiger partial charge in [0.2, 0.25) is 0 Å². The summed E-state index contributed by atoms with van der Waals surface area (Å²) < 4.78 is 10.7. The van der Waals surface area contributed by atoms with E-state index in [1.165, 1.54) is 11.4 Å². The maximum absolute atomic E-state index is 3.99. The van der Waals surface area contributed by atoms with Crippen molar-refractivity contribution in [3.8, 4) is 0 Å². The molecule has 0 spiro atoms. The first kappa shape index (κ1) is 36.8. The molecule has 0 bridgehead atoms. The van der Waals surface area contributed by atoms with Crippen molar-refractivity contribution >= 4 is 44.9 Å². The van der Waals surface area contributed by atoms with Crippen LogP contribution in [0.2, 0.25) is 0 Å². The van der Waals surface area contributed by atoms with Crippen molar-refractivity contribution in [3.05, 3.63) is 24.3 Å². The topological polar surface area (TPSA) is 61.1 Å². The van der Waals surface area contributed by atoms with Gasteiger partial charge in [-0.25, -0.2) is 0 Å². The van der Waals surface area contributed by atoms with Crippen molar-refractivity contribution < 1.29 is 0 Å². The molecule has 2 aliphatic rings. The standard InChI is InChI=1S/C30H62N8P4/c1-25(2,3)31-39-35(40(32-26(4,5)6)37(39)29(13,14)15)23-19-21-24(22-20-23)36-41(33-27(7,8)9)38(30(16,17)18)42(36)34-28(10,11)12/h19-22,31-34H,1-18H3/t39-,40-,41+,42+. The van der Waals surface area contributed by atoms with Crippen molar-refractivity contribution in [2.45, 2.75) is 158 Å². The monoisotopic (exact) mass is 658 g/mol. The molecule has 0 aliphatic carbocycles. The fourth-order valence-electron chi connectivity index (χ4n) is 4.45. The zero-order valence-electron chi connectivity index (χ0n) is 29.9. The SMILES string of the molecule is CC(C)(C)N[P@]1N(c2ccc(N3[P@](NC(C)(C)C)N(C(C)(C)C)[P@@]3NC(C)(C)C)cc2)[P@@](NC(C)(C)C)N1C(C)(C)C. The second-order valence-electron chi connectivity index (χ2n) is 17.6. The van der Waals surface area contributed by atoms with Crippen LogP contribution in [-0.2, 0) is 0 Å². The first-order valence-corrected chi connectivity index (χ1v) is 20.2. The molecule has 3 rings (SSSR count). The third-order valence-electron chi connectivity index (χ3n) is 5.69. The number of benzene rings is 1. The van der Waals surface area contributed by atoms with Gasteiger partial charge in [-0.05, 0) is 149 Å². The van der Waals surface area contributed by atoms with E-state index in [1.54, 1.807) is 0 Å². The van der Waals surface area contributed by atoms with E-state index in [4.69, 9.17) is 0 Å². The summed E-state index contributed by atoms with van der Waals surface area (Å²) in [5.74, 6) is 0. The summed E-state index contributed by atoms with van der Waals surface area (Å²) in [6, 6.07) is 9.40. The minimum Gasteiger partial charge on any atom is -0.278 e. The van der Waals surface area contributed by atoms with E-state index >= 15 is 0 Å². The Bertz CT molecular complexity index is 925. The van der Waals surface area contributed by atoms with Crippen LogP contribution in [0, 0.1) is 0 Å². The lowest BCUT2D eigenvalue weighted by molar-refractivity contribution is 0.358. The van der Waals surface area contributed by atoms with Gasteiger partial charge in [0.05, 0.1) is 0 Å². The summed E-state index contributed by atoms with van der Waals surface area (Å²) in [4.78, 5) is 0. The van der Waals surface area contributed by atoms with Crippen molar-refractivity contribution in [1.29, 1.82) is 0 Å². The minimum absolute atomic E-state index is 0.00746. The Morgan fingerprint density at radius 3 is 0.714 bits per heavy atom. The van der Waals surface area contributed by atoms with Gasteiger partial charge in [-0.2, -0.15) is 8.88 Å². The van der Waals surface area contributed by atoms with Crippen LogP contribution in [0.5, 0.6) is 0 Å². The predicted octanol–water partition coefficient (Wildman–Crippen LogP) is 9.99. The molecule has 0 amide bonds. The average molecular weight is 659 g/mol. The number of hydrogen-bond donors (Lipinski definition) is 4. The van der Waals surface area contributed by atoms with E-state index in [2.05, 4.69) is 187 Å². The van der Waals surface area contributed by atoms with Crippen LogP contribution in [0.15, 0.2) is 24.3 Å². The number of nitrogens with zero attached hydrogens (tertiary/aromatic N) is 4. The lowest BCUT2D eigenvalue weighted by atomic mass is 10.1. The highest BCUT2D eigenvalue weighted by molar-refractivity contribution is 7.88. The van der Waals surface area contributed by atoms with Gasteiger partial charge in [0.15, 0.2) is 33.5 Å². The van der Waals surface area contributed by atoms with E-state index in [-0.39, 0.29) is 33.2 Å². The summed E-state index contributed by atoms with van der Waals surface area (Å²) >= 11 is 0. The van der Waals surface area contributed by atoms with Gasteiger partial charge >= 0.3 is 0 Å². The molecule has 12 heteroatoms. The Kier molecular flexibility index (Phi) is 10.6. The van der Waals surface area contributed by atoms with Gasteiger partial charge in [0.25, 0.3) is 0 Å². The van der Waals surface area contributed by atoms with E-state index in [0.717, 1.165) is 0 Å². The lowest BCUT2D eigenvalue weighted by Crippen LogP contribution is -2.58. The van der Waals surface area contributed by atoms with Gasteiger partial charge in [-0.3, -0.25) is 29.2 Å². The lowest BCUT2D eigenvalue weighted by Gasteiger charge is -2.64. The maximum Gasteiger partial charge on any atom is 0.159 e. The zero-order valence-corrected chi connectivity index (χ0v) is 33.5. The molecule has 8 nitrogen and oxygen atoms in total. The fourth-order valence-corrected chi connectivity index (χ4v) is 16.5. The molecule has 0 aromatic heterocycles. The van der Waals surface area contributed by atoms with Crippen LogP contribution in [0.4, 0.5) is 11.4 Å². The Morgan fingerprint density at radius 2 is 0.571 bits per heavy atom.